The number of nitrogens with zero attached hydrogens (tertiary/aromatic N) is 1. The Balaban J connectivity index is 2.10. The van der Waals surface area contributed by atoms with Gasteiger partial charge in [-0.3, -0.25) is 4.79 Å². The molecule has 1 aromatic heterocycles. The Morgan fingerprint density at radius 2 is 2.25 bits per heavy atom. The minimum Gasteiger partial charge on any atom is -0.476 e. The molecule has 0 atom stereocenters. The highest BCUT2D eigenvalue weighted by Gasteiger charge is 2.08. The van der Waals surface area contributed by atoms with Gasteiger partial charge in [0.05, 0.1) is 5.01 Å². The molecule has 0 aromatic carbocycles. The Kier molecular flexibility index (Phi) is 7.82. The van der Waals surface area contributed by atoms with Crippen molar-refractivity contribution in [3.63, 3.8) is 0 Å². The van der Waals surface area contributed by atoms with Gasteiger partial charge in [0.1, 0.15) is 6.61 Å². The fraction of sp³-hybridized carbons (Fsp3) is 0.615. The largest absolute Gasteiger partial charge is 0.476 e. The molecule has 0 aliphatic carbocycles. The summed E-state index contributed by atoms with van der Waals surface area (Å²) in [5.74, 6) is -1.19. The van der Waals surface area contributed by atoms with Crippen LogP contribution in [-0.4, -0.2) is 41.7 Å². The van der Waals surface area contributed by atoms with Gasteiger partial charge in [0.15, 0.2) is 5.69 Å². The van der Waals surface area contributed by atoms with Crippen LogP contribution in [0.4, 0.5) is 0 Å². The Bertz CT molecular complexity index is 434. The second-order valence-corrected chi connectivity index (χ2v) is 5.23. The molecule has 0 spiro atoms. The van der Waals surface area contributed by atoms with E-state index in [0.29, 0.717) is 24.6 Å². The third-order valence-corrected chi connectivity index (χ3v) is 3.47. The van der Waals surface area contributed by atoms with Crippen LogP contribution in [0.1, 0.15) is 41.7 Å². The number of aromatic nitrogens is 1. The van der Waals surface area contributed by atoms with Gasteiger partial charge >= 0.3 is 5.97 Å². The number of hydrogen-bond acceptors (Lipinski definition) is 5. The molecule has 20 heavy (non-hydrogen) atoms. The number of thiazole rings is 1. The minimum atomic E-state index is -1.03. The van der Waals surface area contributed by atoms with Crippen LogP contribution in [-0.2, 0) is 16.0 Å². The lowest BCUT2D eigenvalue weighted by atomic mass is 10.3. The summed E-state index contributed by atoms with van der Waals surface area (Å²) in [6.07, 6.45) is 3.74. The molecule has 0 radical (unpaired) electrons. The summed E-state index contributed by atoms with van der Waals surface area (Å²) in [5.41, 5.74) is 0.0515. The van der Waals surface area contributed by atoms with Crippen LogP contribution < -0.4 is 5.32 Å². The summed E-state index contributed by atoms with van der Waals surface area (Å²) >= 11 is 1.28. The van der Waals surface area contributed by atoms with Crippen molar-refractivity contribution in [2.75, 3.05) is 19.8 Å². The maximum atomic E-state index is 11.4. The molecule has 0 saturated carbocycles. The Hall–Kier alpha value is -1.47. The number of unbranched alkanes of at least 4 members (excludes halogenated alkanes) is 2. The molecule has 0 aliphatic heterocycles. The van der Waals surface area contributed by atoms with Gasteiger partial charge in [0.2, 0.25) is 5.91 Å². The van der Waals surface area contributed by atoms with Crippen LogP contribution in [0.25, 0.3) is 0 Å². The number of ether oxygens (including phenoxy) is 1. The number of carbonyl (C=O) groups is 2. The fourth-order valence-electron chi connectivity index (χ4n) is 1.50. The summed E-state index contributed by atoms with van der Waals surface area (Å²) in [5, 5.41) is 13.6. The highest BCUT2D eigenvalue weighted by atomic mass is 32.1. The van der Waals surface area contributed by atoms with E-state index in [0.717, 1.165) is 19.3 Å². The molecule has 1 heterocycles. The number of hydrogen-bond donors (Lipinski definition) is 2. The van der Waals surface area contributed by atoms with Crippen LogP contribution in [0.2, 0.25) is 0 Å². The average molecular weight is 300 g/mol. The molecular weight excluding hydrogens is 280 g/mol. The van der Waals surface area contributed by atoms with Crippen LogP contribution in [0.5, 0.6) is 0 Å². The highest BCUT2D eigenvalue weighted by molar-refractivity contribution is 7.09. The Morgan fingerprint density at radius 3 is 2.90 bits per heavy atom. The summed E-state index contributed by atoms with van der Waals surface area (Å²) < 4.78 is 5.23. The molecular formula is C13H20N2O4S. The van der Waals surface area contributed by atoms with Crippen molar-refractivity contribution in [1.29, 1.82) is 0 Å². The van der Waals surface area contributed by atoms with Crippen LogP contribution in [0.3, 0.4) is 0 Å². The SMILES string of the molecule is CCCCCOCC(=O)NCCc1nc(C(=O)O)cs1. The first-order chi connectivity index (χ1) is 9.63. The van der Waals surface area contributed by atoms with Crippen molar-refractivity contribution in [3.05, 3.63) is 16.1 Å². The van der Waals surface area contributed by atoms with E-state index in [4.69, 9.17) is 9.84 Å². The summed E-state index contributed by atoms with van der Waals surface area (Å²) in [6.45, 7) is 3.22. The van der Waals surface area contributed by atoms with E-state index in [1.54, 1.807) is 0 Å². The lowest BCUT2D eigenvalue weighted by Crippen LogP contribution is -2.29. The molecule has 7 heteroatoms. The lowest BCUT2D eigenvalue weighted by Gasteiger charge is -2.05. The summed E-state index contributed by atoms with van der Waals surface area (Å²) in [4.78, 5) is 26.0. The van der Waals surface area contributed by atoms with E-state index in [-0.39, 0.29) is 18.2 Å². The molecule has 0 aliphatic rings. The van der Waals surface area contributed by atoms with Crippen LogP contribution in [0.15, 0.2) is 5.38 Å². The summed E-state index contributed by atoms with van der Waals surface area (Å²) in [6, 6.07) is 0. The second kappa shape index (κ2) is 9.44. The van der Waals surface area contributed by atoms with Gasteiger partial charge in [-0.25, -0.2) is 9.78 Å². The zero-order chi connectivity index (χ0) is 14.8. The Labute approximate surface area is 122 Å². The van der Waals surface area contributed by atoms with Gasteiger partial charge in [-0.2, -0.15) is 0 Å². The zero-order valence-electron chi connectivity index (χ0n) is 11.6. The standard InChI is InChI=1S/C13H20N2O4S/c1-2-3-4-7-19-8-11(16)14-6-5-12-15-10(9-20-12)13(17)18/h9H,2-8H2,1H3,(H,14,16)(H,17,18). The van der Waals surface area contributed by atoms with E-state index in [9.17, 15) is 9.59 Å². The number of nitrogens with one attached hydrogen (secondary N) is 1. The summed E-state index contributed by atoms with van der Waals surface area (Å²) in [7, 11) is 0. The van der Waals surface area contributed by atoms with E-state index < -0.39 is 5.97 Å². The zero-order valence-corrected chi connectivity index (χ0v) is 12.4. The van der Waals surface area contributed by atoms with Crippen LogP contribution in [0, 0.1) is 0 Å². The maximum absolute atomic E-state index is 11.4. The van der Waals surface area contributed by atoms with Crippen molar-refractivity contribution in [3.8, 4) is 0 Å². The molecule has 112 valence electrons. The van der Waals surface area contributed by atoms with Gasteiger partial charge in [-0.1, -0.05) is 19.8 Å². The molecule has 6 nitrogen and oxygen atoms in total. The van der Waals surface area contributed by atoms with Gasteiger partial charge < -0.3 is 15.2 Å². The third-order valence-electron chi connectivity index (χ3n) is 2.56. The van der Waals surface area contributed by atoms with E-state index >= 15 is 0 Å². The number of amides is 1. The van der Waals surface area contributed by atoms with Crippen molar-refractivity contribution >= 4 is 23.2 Å². The second-order valence-electron chi connectivity index (χ2n) is 4.29. The number of rotatable bonds is 10. The molecule has 0 saturated heterocycles. The molecule has 0 fully saturated rings. The van der Waals surface area contributed by atoms with E-state index in [1.165, 1.54) is 16.7 Å². The van der Waals surface area contributed by atoms with Crippen molar-refractivity contribution < 1.29 is 19.4 Å². The topological polar surface area (TPSA) is 88.5 Å². The minimum absolute atomic E-state index is 0.0515. The molecule has 0 bridgehead atoms. The first-order valence-electron chi connectivity index (χ1n) is 6.65. The fourth-order valence-corrected chi connectivity index (χ4v) is 2.27. The van der Waals surface area contributed by atoms with Crippen molar-refractivity contribution in [1.82, 2.24) is 10.3 Å². The molecule has 2 N–H and O–H groups in total. The maximum Gasteiger partial charge on any atom is 0.355 e. The number of carboxylic acid groups (broad SMARTS) is 1. The predicted octanol–water partition coefficient (Wildman–Crippen LogP) is 1.71. The lowest BCUT2D eigenvalue weighted by molar-refractivity contribution is -0.125. The first-order valence-corrected chi connectivity index (χ1v) is 7.53. The first kappa shape index (κ1) is 16.6. The van der Waals surface area contributed by atoms with E-state index in [2.05, 4.69) is 17.2 Å². The quantitative estimate of drug-likeness (QED) is 0.642. The smallest absolute Gasteiger partial charge is 0.355 e. The van der Waals surface area contributed by atoms with Gasteiger partial charge in [0.25, 0.3) is 0 Å². The molecule has 0 unspecified atom stereocenters. The third kappa shape index (κ3) is 6.63. The number of carboxylic acids is 1. The highest BCUT2D eigenvalue weighted by Crippen LogP contribution is 2.09. The number of aromatic carboxylic acids is 1. The normalized spacial score (nSPS) is 10.4. The van der Waals surface area contributed by atoms with Gasteiger partial charge in [-0.15, -0.1) is 11.3 Å². The van der Waals surface area contributed by atoms with Crippen LogP contribution >= 0.6 is 11.3 Å². The number of carbonyl (C=O) groups excluding carboxylic acids is 1. The molecule has 1 amide bonds. The van der Waals surface area contributed by atoms with Gasteiger partial charge in [0, 0.05) is 25.0 Å². The molecule has 1 rings (SSSR count). The average Bonchev–Trinajstić information content (AvgIpc) is 2.87. The van der Waals surface area contributed by atoms with Gasteiger partial charge in [-0.05, 0) is 6.42 Å². The monoisotopic (exact) mass is 300 g/mol. The van der Waals surface area contributed by atoms with E-state index in [1.807, 2.05) is 0 Å². The molecule has 1 aromatic rings. The van der Waals surface area contributed by atoms with Crippen molar-refractivity contribution in [2.45, 2.75) is 32.6 Å². The Morgan fingerprint density at radius 1 is 1.45 bits per heavy atom. The van der Waals surface area contributed by atoms with Crippen molar-refractivity contribution in [2.24, 2.45) is 0 Å². The predicted molar refractivity (Wildman–Crippen MR) is 76.1 cm³/mol.